The number of ether oxygens (including phenoxy) is 2. The van der Waals surface area contributed by atoms with Crippen molar-refractivity contribution in [3.8, 4) is 5.75 Å². The molecule has 0 aromatic heterocycles. The predicted octanol–water partition coefficient (Wildman–Crippen LogP) is 4.35. The number of benzene rings is 2. The van der Waals surface area contributed by atoms with Gasteiger partial charge in [-0.15, -0.1) is 24.0 Å². The summed E-state index contributed by atoms with van der Waals surface area (Å²) < 4.78 is 11.6. The highest BCUT2D eigenvalue weighted by molar-refractivity contribution is 14.0. The van der Waals surface area contributed by atoms with Crippen LogP contribution < -0.4 is 20.3 Å². The smallest absolute Gasteiger partial charge is 0.191 e. The molecule has 0 radical (unpaired) electrons. The average Bonchev–Trinajstić information content (AvgIpc) is 3.29. The van der Waals surface area contributed by atoms with Gasteiger partial charge in [0.25, 0.3) is 0 Å². The Balaban J connectivity index is 0.00000363. The molecule has 2 N–H and O–H groups in total. The van der Waals surface area contributed by atoms with Gasteiger partial charge in [0.1, 0.15) is 5.75 Å². The molecule has 1 saturated heterocycles. The van der Waals surface area contributed by atoms with Crippen LogP contribution in [-0.2, 0) is 17.8 Å². The number of aliphatic imine (C=N–C) groups is 1. The van der Waals surface area contributed by atoms with Crippen molar-refractivity contribution in [1.29, 1.82) is 0 Å². The van der Waals surface area contributed by atoms with Gasteiger partial charge in [-0.2, -0.15) is 0 Å². The highest BCUT2D eigenvalue weighted by Gasteiger charge is 2.17. The molecule has 32 heavy (non-hydrogen) atoms. The van der Waals surface area contributed by atoms with E-state index < -0.39 is 0 Å². The first kappa shape index (κ1) is 26.3. The number of guanidine groups is 1. The molecule has 6 nitrogen and oxygen atoms in total. The molecular formula is C25H37IN4O2. The van der Waals surface area contributed by atoms with Crippen LogP contribution in [-0.4, -0.2) is 46.4 Å². The Bertz CT molecular complexity index is 850. The fourth-order valence-electron chi connectivity index (χ4n) is 3.46. The van der Waals surface area contributed by atoms with Gasteiger partial charge in [0.15, 0.2) is 5.96 Å². The largest absolute Gasteiger partial charge is 0.493 e. The summed E-state index contributed by atoms with van der Waals surface area (Å²) >= 11 is 0. The Hall–Kier alpha value is -2.00. The molecule has 0 bridgehead atoms. The Morgan fingerprint density at radius 1 is 1.16 bits per heavy atom. The van der Waals surface area contributed by atoms with Crippen molar-refractivity contribution in [2.75, 3.05) is 45.4 Å². The molecule has 1 heterocycles. The van der Waals surface area contributed by atoms with Crippen LogP contribution in [0.5, 0.6) is 5.75 Å². The van der Waals surface area contributed by atoms with Crippen LogP contribution in [0, 0.1) is 12.8 Å². The van der Waals surface area contributed by atoms with Gasteiger partial charge in [-0.25, -0.2) is 4.99 Å². The molecule has 0 amide bonds. The van der Waals surface area contributed by atoms with E-state index in [-0.39, 0.29) is 24.0 Å². The molecule has 1 atom stereocenters. The number of hydrogen-bond donors (Lipinski definition) is 2. The van der Waals surface area contributed by atoms with Crippen LogP contribution in [0.2, 0.25) is 0 Å². The van der Waals surface area contributed by atoms with E-state index in [0.717, 1.165) is 43.5 Å². The summed E-state index contributed by atoms with van der Waals surface area (Å²) in [7, 11) is 4.09. The second-order valence-electron chi connectivity index (χ2n) is 8.26. The summed E-state index contributed by atoms with van der Waals surface area (Å²) in [6.07, 6.45) is 1.08. The number of halogens is 1. The molecule has 7 heteroatoms. The van der Waals surface area contributed by atoms with E-state index in [1.165, 1.54) is 16.8 Å². The Labute approximate surface area is 209 Å². The van der Waals surface area contributed by atoms with Crippen LogP contribution in [0.4, 0.5) is 5.69 Å². The molecule has 1 fully saturated rings. The Morgan fingerprint density at radius 3 is 2.59 bits per heavy atom. The third-order valence-electron chi connectivity index (χ3n) is 5.38. The van der Waals surface area contributed by atoms with Gasteiger partial charge in [0.05, 0.1) is 19.8 Å². The van der Waals surface area contributed by atoms with Gasteiger partial charge in [-0.05, 0) is 49.6 Å². The monoisotopic (exact) mass is 552 g/mol. The van der Waals surface area contributed by atoms with Crippen molar-refractivity contribution in [2.24, 2.45) is 10.9 Å². The molecule has 1 unspecified atom stereocenters. The maximum atomic E-state index is 6.17. The van der Waals surface area contributed by atoms with Gasteiger partial charge in [0, 0.05) is 51.0 Å². The highest BCUT2D eigenvalue weighted by Crippen LogP contribution is 2.22. The standard InChI is InChI=1S/C25H36N4O2.HI/c1-5-26-25(27-15-20-7-10-23(11-8-20)29(3)4)28-16-22-9-6-19(2)14-24(22)31-18-21-12-13-30-17-21;/h6-11,14,21H,5,12-13,15-18H2,1-4H3,(H2,26,27,28);1H. The van der Waals surface area contributed by atoms with E-state index in [0.29, 0.717) is 25.6 Å². The minimum Gasteiger partial charge on any atom is -0.493 e. The number of nitrogens with zero attached hydrogens (tertiary/aromatic N) is 2. The molecule has 2 aromatic rings. The van der Waals surface area contributed by atoms with Crippen LogP contribution in [0.25, 0.3) is 0 Å². The van der Waals surface area contributed by atoms with Gasteiger partial charge >= 0.3 is 0 Å². The average molecular weight is 553 g/mol. The fraction of sp³-hybridized carbons (Fsp3) is 0.480. The molecular weight excluding hydrogens is 515 g/mol. The van der Waals surface area contributed by atoms with Gasteiger partial charge in [0.2, 0.25) is 0 Å². The molecule has 1 aliphatic rings. The number of hydrogen-bond acceptors (Lipinski definition) is 4. The Kier molecular flexibility index (Phi) is 11.1. The lowest BCUT2D eigenvalue weighted by molar-refractivity contribution is 0.166. The van der Waals surface area contributed by atoms with E-state index in [1.807, 2.05) is 14.1 Å². The molecule has 2 aromatic carbocycles. The summed E-state index contributed by atoms with van der Waals surface area (Å²) in [5.74, 6) is 2.23. The van der Waals surface area contributed by atoms with E-state index in [1.54, 1.807) is 0 Å². The lowest BCUT2D eigenvalue weighted by Crippen LogP contribution is -2.36. The van der Waals surface area contributed by atoms with Crippen LogP contribution in [0.15, 0.2) is 47.5 Å². The van der Waals surface area contributed by atoms with Crippen LogP contribution >= 0.6 is 24.0 Å². The normalized spacial score (nSPS) is 15.8. The highest BCUT2D eigenvalue weighted by atomic mass is 127. The Morgan fingerprint density at radius 2 is 1.94 bits per heavy atom. The van der Waals surface area contributed by atoms with E-state index >= 15 is 0 Å². The third-order valence-corrected chi connectivity index (χ3v) is 5.38. The number of nitrogens with one attached hydrogen (secondary N) is 2. The second kappa shape index (κ2) is 13.5. The summed E-state index contributed by atoms with van der Waals surface area (Å²) in [5.41, 5.74) is 4.70. The zero-order valence-corrected chi connectivity index (χ0v) is 22.0. The molecule has 176 valence electrons. The minimum absolute atomic E-state index is 0. The van der Waals surface area contributed by atoms with Gasteiger partial charge < -0.3 is 25.0 Å². The first-order chi connectivity index (χ1) is 15.0. The van der Waals surface area contributed by atoms with E-state index in [2.05, 4.69) is 71.8 Å². The quantitative estimate of drug-likeness (QED) is 0.275. The van der Waals surface area contributed by atoms with Crippen LogP contribution in [0.1, 0.15) is 30.0 Å². The van der Waals surface area contributed by atoms with Crippen molar-refractivity contribution in [2.45, 2.75) is 33.4 Å². The van der Waals surface area contributed by atoms with Crippen molar-refractivity contribution in [3.05, 3.63) is 59.2 Å². The lowest BCUT2D eigenvalue weighted by atomic mass is 10.1. The number of aryl methyl sites for hydroxylation is 1. The summed E-state index contributed by atoms with van der Waals surface area (Å²) in [5, 5.41) is 6.78. The summed E-state index contributed by atoms with van der Waals surface area (Å²) in [6, 6.07) is 14.9. The zero-order chi connectivity index (χ0) is 22.1. The lowest BCUT2D eigenvalue weighted by Gasteiger charge is -2.17. The molecule has 0 spiro atoms. The van der Waals surface area contributed by atoms with Crippen molar-refractivity contribution < 1.29 is 9.47 Å². The first-order valence-corrected chi connectivity index (χ1v) is 11.1. The van der Waals surface area contributed by atoms with Crippen molar-refractivity contribution in [3.63, 3.8) is 0 Å². The minimum atomic E-state index is 0. The molecule has 0 saturated carbocycles. The summed E-state index contributed by atoms with van der Waals surface area (Å²) in [6.45, 7) is 8.61. The summed E-state index contributed by atoms with van der Waals surface area (Å²) in [4.78, 5) is 6.85. The third kappa shape index (κ3) is 8.16. The van der Waals surface area contributed by atoms with Gasteiger partial charge in [-0.1, -0.05) is 24.3 Å². The van der Waals surface area contributed by atoms with E-state index in [9.17, 15) is 0 Å². The topological polar surface area (TPSA) is 58.1 Å². The van der Waals surface area contributed by atoms with Crippen molar-refractivity contribution in [1.82, 2.24) is 10.6 Å². The zero-order valence-electron chi connectivity index (χ0n) is 19.7. The SMILES string of the molecule is CCNC(=NCc1ccc(N(C)C)cc1)NCc1ccc(C)cc1OCC1CCOC1.I. The van der Waals surface area contributed by atoms with Crippen molar-refractivity contribution >= 4 is 35.6 Å². The maximum Gasteiger partial charge on any atom is 0.191 e. The molecule has 1 aliphatic heterocycles. The maximum absolute atomic E-state index is 6.17. The predicted molar refractivity (Wildman–Crippen MR) is 143 cm³/mol. The number of anilines is 1. The second-order valence-corrected chi connectivity index (χ2v) is 8.26. The molecule has 3 rings (SSSR count). The van der Waals surface area contributed by atoms with E-state index in [4.69, 9.17) is 14.5 Å². The first-order valence-electron chi connectivity index (χ1n) is 11.1. The van der Waals surface area contributed by atoms with Crippen LogP contribution in [0.3, 0.4) is 0 Å². The fourth-order valence-corrected chi connectivity index (χ4v) is 3.46. The molecule has 0 aliphatic carbocycles. The van der Waals surface area contributed by atoms with Gasteiger partial charge in [-0.3, -0.25) is 0 Å². The number of rotatable bonds is 9.